The van der Waals surface area contributed by atoms with Crippen LogP contribution in [0, 0.1) is 6.92 Å². The summed E-state index contributed by atoms with van der Waals surface area (Å²) in [5.74, 6) is 0.800. The van der Waals surface area contributed by atoms with E-state index in [0.29, 0.717) is 6.54 Å². The smallest absolute Gasteiger partial charge is 0.134 e. The summed E-state index contributed by atoms with van der Waals surface area (Å²) in [4.78, 5) is 0. The van der Waals surface area contributed by atoms with Gasteiger partial charge in [0, 0.05) is 17.5 Å². The third-order valence-electron chi connectivity index (χ3n) is 2.47. The molecule has 0 radical (unpaired) electrons. The van der Waals surface area contributed by atoms with Crippen molar-refractivity contribution in [3.63, 3.8) is 0 Å². The maximum Gasteiger partial charge on any atom is 0.134 e. The van der Waals surface area contributed by atoms with Gasteiger partial charge in [0.05, 0.1) is 6.04 Å². The third kappa shape index (κ3) is 1.31. The summed E-state index contributed by atoms with van der Waals surface area (Å²) in [5, 5.41) is 1.12. The molecule has 0 aliphatic rings. The Balaban J connectivity index is 2.62. The summed E-state index contributed by atoms with van der Waals surface area (Å²) in [6.45, 7) is 2.41. The van der Waals surface area contributed by atoms with Gasteiger partial charge in [0.25, 0.3) is 0 Å². The van der Waals surface area contributed by atoms with Crippen LogP contribution < -0.4 is 11.5 Å². The lowest BCUT2D eigenvalue weighted by Gasteiger charge is -2.05. The number of hydrogen-bond donors (Lipinski definition) is 2. The van der Waals surface area contributed by atoms with Crippen molar-refractivity contribution in [2.24, 2.45) is 11.5 Å². The molecule has 1 aromatic carbocycles. The van der Waals surface area contributed by atoms with Crippen LogP contribution in [0.3, 0.4) is 0 Å². The van der Waals surface area contributed by atoms with Crippen LogP contribution in [0.15, 0.2) is 28.7 Å². The Hall–Kier alpha value is -1.32. The van der Waals surface area contributed by atoms with Crippen LogP contribution in [0.25, 0.3) is 11.0 Å². The molecule has 4 N–H and O–H groups in total. The minimum Gasteiger partial charge on any atom is -0.459 e. The zero-order valence-corrected chi connectivity index (χ0v) is 8.16. The molecule has 0 amide bonds. The van der Waals surface area contributed by atoms with Gasteiger partial charge in [-0.15, -0.1) is 0 Å². The number of hydrogen-bond acceptors (Lipinski definition) is 3. The van der Waals surface area contributed by atoms with Crippen LogP contribution in [-0.2, 0) is 0 Å². The van der Waals surface area contributed by atoms with Gasteiger partial charge in [-0.1, -0.05) is 18.2 Å². The lowest BCUT2D eigenvalue weighted by atomic mass is 10.1. The molecular formula is C11H14N2O. The molecule has 0 unspecified atom stereocenters. The Bertz CT molecular complexity index is 447. The van der Waals surface area contributed by atoms with E-state index in [2.05, 4.69) is 0 Å². The van der Waals surface area contributed by atoms with Crippen LogP contribution in [0.2, 0.25) is 0 Å². The lowest BCUT2D eigenvalue weighted by molar-refractivity contribution is 0.496. The number of rotatable bonds is 2. The highest BCUT2D eigenvalue weighted by Gasteiger charge is 2.14. The summed E-state index contributed by atoms with van der Waals surface area (Å²) < 4.78 is 5.65. The van der Waals surface area contributed by atoms with E-state index in [9.17, 15) is 0 Å². The predicted molar refractivity (Wildman–Crippen MR) is 56.9 cm³/mol. The van der Waals surface area contributed by atoms with Gasteiger partial charge >= 0.3 is 0 Å². The van der Waals surface area contributed by atoms with E-state index < -0.39 is 0 Å². The number of nitrogens with two attached hydrogens (primary N) is 2. The first-order valence-corrected chi connectivity index (χ1v) is 4.67. The molecule has 0 aliphatic heterocycles. The second-order valence-corrected chi connectivity index (χ2v) is 3.43. The molecule has 1 atom stereocenters. The molecule has 0 saturated heterocycles. The monoisotopic (exact) mass is 190 g/mol. The van der Waals surface area contributed by atoms with E-state index in [-0.39, 0.29) is 6.04 Å². The molecule has 0 fully saturated rings. The number of benzene rings is 1. The fourth-order valence-electron chi connectivity index (χ4n) is 1.65. The molecule has 14 heavy (non-hydrogen) atoms. The van der Waals surface area contributed by atoms with Crippen LogP contribution in [0.5, 0.6) is 0 Å². The van der Waals surface area contributed by atoms with Crippen molar-refractivity contribution >= 4 is 11.0 Å². The number of furan rings is 1. The summed E-state index contributed by atoms with van der Waals surface area (Å²) in [6, 6.07) is 7.70. The van der Waals surface area contributed by atoms with Gasteiger partial charge in [-0.2, -0.15) is 0 Å². The summed E-state index contributed by atoms with van der Waals surface area (Å²) >= 11 is 0. The largest absolute Gasteiger partial charge is 0.459 e. The van der Waals surface area contributed by atoms with E-state index >= 15 is 0 Å². The highest BCUT2D eigenvalue weighted by Crippen LogP contribution is 2.27. The summed E-state index contributed by atoms with van der Waals surface area (Å²) in [7, 11) is 0. The minimum absolute atomic E-state index is 0.206. The third-order valence-corrected chi connectivity index (χ3v) is 2.47. The standard InChI is InChI=1S/C11H14N2O/c1-7-8-4-2-3-5-10(8)14-11(7)9(13)6-12/h2-5,9H,6,12-13H2,1H3/t9-/m1/s1. The first-order chi connectivity index (χ1) is 6.74. The fraction of sp³-hybridized carbons (Fsp3) is 0.273. The number of para-hydroxylation sites is 1. The zero-order valence-electron chi connectivity index (χ0n) is 8.16. The lowest BCUT2D eigenvalue weighted by Crippen LogP contribution is -2.20. The fourth-order valence-corrected chi connectivity index (χ4v) is 1.65. The van der Waals surface area contributed by atoms with Gasteiger partial charge in [0.2, 0.25) is 0 Å². The number of aryl methyl sites for hydroxylation is 1. The molecular weight excluding hydrogens is 176 g/mol. The van der Waals surface area contributed by atoms with Gasteiger partial charge in [0.1, 0.15) is 11.3 Å². The van der Waals surface area contributed by atoms with E-state index in [1.165, 1.54) is 0 Å². The molecule has 0 aliphatic carbocycles. The molecule has 3 nitrogen and oxygen atoms in total. The SMILES string of the molecule is Cc1c([C@H](N)CN)oc2ccccc12. The highest BCUT2D eigenvalue weighted by atomic mass is 16.3. The normalized spacial score (nSPS) is 13.4. The molecule has 0 bridgehead atoms. The van der Waals surface area contributed by atoms with Gasteiger partial charge < -0.3 is 15.9 Å². The maximum absolute atomic E-state index is 5.84. The minimum atomic E-state index is -0.206. The van der Waals surface area contributed by atoms with Gasteiger partial charge in [0.15, 0.2) is 0 Å². The van der Waals surface area contributed by atoms with Crippen molar-refractivity contribution in [2.75, 3.05) is 6.54 Å². The van der Waals surface area contributed by atoms with Crippen LogP contribution in [-0.4, -0.2) is 6.54 Å². The van der Waals surface area contributed by atoms with Gasteiger partial charge in [-0.05, 0) is 13.0 Å². The second-order valence-electron chi connectivity index (χ2n) is 3.43. The topological polar surface area (TPSA) is 65.2 Å². The molecule has 74 valence electrons. The quantitative estimate of drug-likeness (QED) is 0.757. The molecule has 3 heteroatoms. The van der Waals surface area contributed by atoms with Gasteiger partial charge in [-0.3, -0.25) is 0 Å². The van der Waals surface area contributed by atoms with Crippen LogP contribution >= 0.6 is 0 Å². The molecule has 1 heterocycles. The first-order valence-electron chi connectivity index (χ1n) is 4.67. The van der Waals surface area contributed by atoms with Crippen molar-refractivity contribution in [1.29, 1.82) is 0 Å². The van der Waals surface area contributed by atoms with E-state index in [1.54, 1.807) is 0 Å². The second kappa shape index (κ2) is 3.44. The zero-order chi connectivity index (χ0) is 10.1. The van der Waals surface area contributed by atoms with Crippen LogP contribution in [0.4, 0.5) is 0 Å². The molecule has 0 saturated carbocycles. The number of fused-ring (bicyclic) bond motifs is 1. The molecule has 2 aromatic rings. The van der Waals surface area contributed by atoms with Crippen molar-refractivity contribution in [1.82, 2.24) is 0 Å². The Morgan fingerprint density at radius 1 is 1.36 bits per heavy atom. The molecule has 2 rings (SSSR count). The van der Waals surface area contributed by atoms with Crippen molar-refractivity contribution < 1.29 is 4.42 Å². The Kier molecular flexibility index (Phi) is 2.27. The highest BCUT2D eigenvalue weighted by molar-refractivity contribution is 5.82. The summed E-state index contributed by atoms with van der Waals surface area (Å²) in [6.07, 6.45) is 0. The van der Waals surface area contributed by atoms with E-state index in [1.807, 2.05) is 31.2 Å². The average molecular weight is 190 g/mol. The maximum atomic E-state index is 5.84. The van der Waals surface area contributed by atoms with Crippen molar-refractivity contribution in [3.8, 4) is 0 Å². The first kappa shape index (κ1) is 9.24. The predicted octanol–water partition coefficient (Wildman–Crippen LogP) is 1.70. The Morgan fingerprint density at radius 3 is 2.71 bits per heavy atom. The summed E-state index contributed by atoms with van der Waals surface area (Å²) in [5.41, 5.74) is 13.3. The molecule has 1 aromatic heterocycles. The van der Waals surface area contributed by atoms with Crippen LogP contribution in [0.1, 0.15) is 17.4 Å². The van der Waals surface area contributed by atoms with E-state index in [0.717, 1.165) is 22.3 Å². The van der Waals surface area contributed by atoms with Crippen molar-refractivity contribution in [2.45, 2.75) is 13.0 Å². The van der Waals surface area contributed by atoms with Gasteiger partial charge in [-0.25, -0.2) is 0 Å². The Morgan fingerprint density at radius 2 is 2.07 bits per heavy atom. The van der Waals surface area contributed by atoms with Crippen molar-refractivity contribution in [3.05, 3.63) is 35.6 Å². The average Bonchev–Trinajstić information content (AvgIpc) is 2.56. The Labute approximate surface area is 82.7 Å². The molecule has 0 spiro atoms. The van der Waals surface area contributed by atoms with E-state index in [4.69, 9.17) is 15.9 Å².